The number of nitrogens with zero attached hydrogens (tertiary/aromatic N) is 4. The average Bonchev–Trinajstić information content (AvgIpc) is 2.99. The molecule has 7 heteroatoms. The fourth-order valence-corrected chi connectivity index (χ4v) is 3.15. The maximum Gasteiger partial charge on any atom is 0.207 e. The lowest BCUT2D eigenvalue weighted by Gasteiger charge is -2.35. The molecule has 2 aromatic rings. The van der Waals surface area contributed by atoms with E-state index in [0.29, 0.717) is 10.8 Å². The van der Waals surface area contributed by atoms with Crippen LogP contribution in [0.15, 0.2) is 24.3 Å². The first kappa shape index (κ1) is 14.0. The van der Waals surface area contributed by atoms with E-state index in [0.717, 1.165) is 37.8 Å². The van der Waals surface area contributed by atoms with Crippen molar-refractivity contribution in [1.82, 2.24) is 25.5 Å². The Hall–Kier alpha value is -1.95. The summed E-state index contributed by atoms with van der Waals surface area (Å²) in [4.78, 5) is 11.1. The van der Waals surface area contributed by atoms with Crippen molar-refractivity contribution in [3.05, 3.63) is 35.1 Å². The number of carbonyl (C=O) groups is 1. The van der Waals surface area contributed by atoms with E-state index >= 15 is 0 Å². The molecule has 1 aliphatic rings. The number of hydrogen-bond acceptors (Lipinski definition) is 4. The van der Waals surface area contributed by atoms with Crippen LogP contribution in [-0.4, -0.2) is 26.6 Å². The maximum absolute atomic E-state index is 11.1. The molecular weight excluding hydrogens is 290 g/mol. The van der Waals surface area contributed by atoms with Crippen LogP contribution in [-0.2, 0) is 10.3 Å². The molecule has 1 heterocycles. The third-order valence-corrected chi connectivity index (χ3v) is 4.23. The summed E-state index contributed by atoms with van der Waals surface area (Å²) < 4.78 is 1.66. The Morgan fingerprint density at radius 2 is 2.10 bits per heavy atom. The molecule has 21 heavy (non-hydrogen) atoms. The topological polar surface area (TPSA) is 72.7 Å². The number of rotatable bonds is 4. The molecule has 1 aliphatic carbocycles. The van der Waals surface area contributed by atoms with Crippen LogP contribution < -0.4 is 5.32 Å². The van der Waals surface area contributed by atoms with E-state index < -0.39 is 5.54 Å². The molecule has 1 saturated carbocycles. The first-order chi connectivity index (χ1) is 10.2. The average molecular weight is 306 g/mol. The minimum absolute atomic E-state index is 0.494. The number of amides is 1. The van der Waals surface area contributed by atoms with Gasteiger partial charge in [-0.1, -0.05) is 36.9 Å². The van der Waals surface area contributed by atoms with Gasteiger partial charge in [-0.05, 0) is 41.5 Å². The van der Waals surface area contributed by atoms with Gasteiger partial charge < -0.3 is 5.32 Å². The van der Waals surface area contributed by atoms with Crippen LogP contribution in [0.1, 0.15) is 37.9 Å². The molecule has 1 aromatic heterocycles. The molecule has 0 bridgehead atoms. The van der Waals surface area contributed by atoms with Crippen molar-refractivity contribution in [2.45, 2.75) is 37.6 Å². The lowest BCUT2D eigenvalue weighted by Crippen LogP contribution is -2.45. The van der Waals surface area contributed by atoms with Gasteiger partial charge in [0, 0.05) is 5.02 Å². The number of nitrogens with one attached hydrogen (secondary N) is 1. The standard InChI is InChI=1S/C14H16ClN5O/c15-11-5-4-6-12(9-11)20-13(17-18-19-20)14(16-10-21)7-2-1-3-8-14/h4-6,9-10H,1-3,7-8H2,(H,16,21). The molecule has 0 spiro atoms. The summed E-state index contributed by atoms with van der Waals surface area (Å²) in [7, 11) is 0. The Morgan fingerprint density at radius 1 is 1.29 bits per heavy atom. The SMILES string of the molecule is O=CNC1(c2nnnn2-c2cccc(Cl)c2)CCCCC1. The van der Waals surface area contributed by atoms with Gasteiger partial charge in [0.05, 0.1) is 5.69 Å². The second kappa shape index (κ2) is 5.81. The first-order valence-electron chi connectivity index (χ1n) is 7.01. The van der Waals surface area contributed by atoms with Crippen molar-refractivity contribution in [3.63, 3.8) is 0 Å². The summed E-state index contributed by atoms with van der Waals surface area (Å²) in [6.45, 7) is 0. The first-order valence-corrected chi connectivity index (χ1v) is 7.39. The van der Waals surface area contributed by atoms with Gasteiger partial charge in [0.1, 0.15) is 5.54 Å². The number of aromatic nitrogens is 4. The summed E-state index contributed by atoms with van der Waals surface area (Å²) in [6, 6.07) is 7.35. The van der Waals surface area contributed by atoms with Crippen molar-refractivity contribution >= 4 is 18.0 Å². The molecule has 0 unspecified atom stereocenters. The highest BCUT2D eigenvalue weighted by molar-refractivity contribution is 6.30. The third kappa shape index (κ3) is 2.63. The smallest absolute Gasteiger partial charge is 0.207 e. The van der Waals surface area contributed by atoms with Gasteiger partial charge in [-0.2, -0.15) is 4.68 Å². The van der Waals surface area contributed by atoms with Crippen molar-refractivity contribution in [2.24, 2.45) is 0 Å². The number of tetrazole rings is 1. The molecule has 0 aliphatic heterocycles. The van der Waals surface area contributed by atoms with Crippen molar-refractivity contribution in [2.75, 3.05) is 0 Å². The lowest BCUT2D eigenvalue weighted by molar-refractivity contribution is -0.111. The van der Waals surface area contributed by atoms with Crippen LogP contribution >= 0.6 is 11.6 Å². The van der Waals surface area contributed by atoms with Crippen LogP contribution in [0.4, 0.5) is 0 Å². The maximum atomic E-state index is 11.1. The molecule has 1 N–H and O–H groups in total. The highest BCUT2D eigenvalue weighted by Gasteiger charge is 2.38. The summed E-state index contributed by atoms with van der Waals surface area (Å²) >= 11 is 6.04. The Morgan fingerprint density at radius 3 is 2.81 bits per heavy atom. The Bertz CT molecular complexity index is 636. The molecule has 1 amide bonds. The number of carbonyl (C=O) groups excluding carboxylic acids is 1. The van der Waals surface area contributed by atoms with Crippen molar-refractivity contribution in [1.29, 1.82) is 0 Å². The monoisotopic (exact) mass is 305 g/mol. The van der Waals surface area contributed by atoms with Gasteiger partial charge in [0.2, 0.25) is 6.41 Å². The Kier molecular flexibility index (Phi) is 3.88. The summed E-state index contributed by atoms with van der Waals surface area (Å²) in [5.41, 5.74) is 0.298. The summed E-state index contributed by atoms with van der Waals surface area (Å²) in [5.74, 6) is 0.663. The van der Waals surface area contributed by atoms with Crippen molar-refractivity contribution in [3.8, 4) is 5.69 Å². The molecule has 3 rings (SSSR count). The van der Waals surface area contributed by atoms with E-state index in [1.165, 1.54) is 6.42 Å². The molecule has 6 nitrogen and oxygen atoms in total. The highest BCUT2D eigenvalue weighted by Crippen LogP contribution is 2.36. The second-order valence-electron chi connectivity index (χ2n) is 5.30. The van der Waals surface area contributed by atoms with Gasteiger partial charge in [-0.15, -0.1) is 5.10 Å². The largest absolute Gasteiger partial charge is 0.346 e. The normalized spacial score (nSPS) is 17.4. The van der Waals surface area contributed by atoms with Gasteiger partial charge >= 0.3 is 0 Å². The van der Waals surface area contributed by atoms with Crippen molar-refractivity contribution < 1.29 is 4.79 Å². The third-order valence-electron chi connectivity index (χ3n) is 3.99. The van der Waals surface area contributed by atoms with Crippen LogP contribution in [0.2, 0.25) is 5.02 Å². The quantitative estimate of drug-likeness (QED) is 0.879. The molecule has 110 valence electrons. The zero-order valence-electron chi connectivity index (χ0n) is 11.5. The zero-order chi connectivity index (χ0) is 14.7. The molecule has 0 saturated heterocycles. The predicted octanol–water partition coefficient (Wildman–Crippen LogP) is 2.22. The summed E-state index contributed by atoms with van der Waals surface area (Å²) in [5, 5.41) is 15.6. The minimum Gasteiger partial charge on any atom is -0.346 e. The van der Waals surface area contributed by atoms with E-state index in [1.807, 2.05) is 12.1 Å². The van der Waals surface area contributed by atoms with E-state index in [9.17, 15) is 4.79 Å². The highest BCUT2D eigenvalue weighted by atomic mass is 35.5. The number of halogens is 1. The molecule has 1 fully saturated rings. The van der Waals surface area contributed by atoms with E-state index in [1.54, 1.807) is 16.8 Å². The van der Waals surface area contributed by atoms with Gasteiger partial charge in [-0.25, -0.2) is 0 Å². The number of hydrogen-bond donors (Lipinski definition) is 1. The second-order valence-corrected chi connectivity index (χ2v) is 5.74. The molecule has 1 aromatic carbocycles. The molecular formula is C14H16ClN5O. The molecule has 0 radical (unpaired) electrons. The zero-order valence-corrected chi connectivity index (χ0v) is 12.3. The van der Waals surface area contributed by atoms with Crippen LogP contribution in [0.25, 0.3) is 5.69 Å². The van der Waals surface area contributed by atoms with Crippen LogP contribution in [0.5, 0.6) is 0 Å². The van der Waals surface area contributed by atoms with E-state index in [-0.39, 0.29) is 0 Å². The van der Waals surface area contributed by atoms with E-state index in [4.69, 9.17) is 11.6 Å². The number of benzene rings is 1. The lowest BCUT2D eigenvalue weighted by atomic mass is 9.81. The van der Waals surface area contributed by atoms with E-state index in [2.05, 4.69) is 20.8 Å². The van der Waals surface area contributed by atoms with Gasteiger partial charge in [0.25, 0.3) is 0 Å². The Labute approximate surface area is 127 Å². The van der Waals surface area contributed by atoms with Crippen LogP contribution in [0.3, 0.4) is 0 Å². The predicted molar refractivity (Wildman–Crippen MR) is 78.1 cm³/mol. The van der Waals surface area contributed by atoms with Gasteiger partial charge in [0.15, 0.2) is 5.82 Å². The van der Waals surface area contributed by atoms with Gasteiger partial charge in [-0.3, -0.25) is 4.79 Å². The molecule has 0 atom stereocenters. The Balaban J connectivity index is 2.06. The van der Waals surface area contributed by atoms with Crippen LogP contribution in [0, 0.1) is 0 Å². The summed E-state index contributed by atoms with van der Waals surface area (Å²) in [6.07, 6.45) is 5.68. The fraction of sp³-hybridized carbons (Fsp3) is 0.429. The fourth-order valence-electron chi connectivity index (χ4n) is 2.97. The minimum atomic E-state index is -0.494.